The molecular formula is C33H43N3O. The zero-order valence-electron chi connectivity index (χ0n) is 22.9. The molecule has 1 N–H and O–H groups in total. The molecule has 0 radical (unpaired) electrons. The molecule has 0 aliphatic rings. The summed E-state index contributed by atoms with van der Waals surface area (Å²) in [6.45, 7) is 6.99. The molecular weight excluding hydrogens is 454 g/mol. The van der Waals surface area contributed by atoms with Crippen LogP contribution in [0.2, 0.25) is 0 Å². The lowest BCUT2D eigenvalue weighted by molar-refractivity contribution is 0.374. The van der Waals surface area contributed by atoms with Gasteiger partial charge in [0.25, 0.3) is 0 Å². The third-order valence-corrected chi connectivity index (χ3v) is 7.89. The second-order valence-electron chi connectivity index (χ2n) is 11.0. The van der Waals surface area contributed by atoms with Gasteiger partial charge in [-0.2, -0.15) is 0 Å². The van der Waals surface area contributed by atoms with Gasteiger partial charge in [0, 0.05) is 0 Å². The van der Waals surface area contributed by atoms with Crippen LogP contribution in [0.4, 0.5) is 0 Å². The first-order valence-corrected chi connectivity index (χ1v) is 14.2. The lowest BCUT2D eigenvalue weighted by Gasteiger charge is -2.36. The van der Waals surface area contributed by atoms with Crippen LogP contribution in [0.3, 0.4) is 0 Å². The second kappa shape index (κ2) is 12.9. The second-order valence-corrected chi connectivity index (χ2v) is 11.0. The largest absolute Gasteiger partial charge is 0.506 e. The molecule has 0 bridgehead atoms. The molecule has 4 heteroatoms. The third-order valence-electron chi connectivity index (χ3n) is 7.89. The molecule has 1 heterocycles. The highest BCUT2D eigenvalue weighted by Crippen LogP contribution is 2.43. The summed E-state index contributed by atoms with van der Waals surface area (Å²) in [5.41, 5.74) is 4.79. The summed E-state index contributed by atoms with van der Waals surface area (Å²) in [7, 11) is 0. The van der Waals surface area contributed by atoms with E-state index in [9.17, 15) is 5.11 Å². The first kappa shape index (κ1) is 26.9. The Hall–Kier alpha value is -3.14. The van der Waals surface area contributed by atoms with E-state index in [2.05, 4.69) is 73.4 Å². The quantitative estimate of drug-likeness (QED) is 0.177. The number of nitrogens with zero attached hydrogens (tertiary/aromatic N) is 3. The predicted molar refractivity (Wildman–Crippen MR) is 155 cm³/mol. The summed E-state index contributed by atoms with van der Waals surface area (Å²) in [5, 5.41) is 20.0. The highest BCUT2D eigenvalue weighted by atomic mass is 16.3. The van der Waals surface area contributed by atoms with E-state index in [0.29, 0.717) is 11.6 Å². The maximum Gasteiger partial charge on any atom is 0.143 e. The number of unbranched alkanes of at least 4 members (excludes halogenated alkanes) is 8. The molecule has 0 amide bonds. The molecule has 0 saturated heterocycles. The van der Waals surface area contributed by atoms with Crippen LogP contribution in [-0.2, 0) is 5.41 Å². The van der Waals surface area contributed by atoms with Gasteiger partial charge in [0.1, 0.15) is 22.5 Å². The van der Waals surface area contributed by atoms with Gasteiger partial charge in [-0.25, -0.2) is 0 Å². The van der Waals surface area contributed by atoms with Crippen LogP contribution in [0.1, 0.15) is 102 Å². The molecule has 4 rings (SSSR count). The van der Waals surface area contributed by atoms with Crippen LogP contribution in [0.25, 0.3) is 16.7 Å². The minimum Gasteiger partial charge on any atom is -0.506 e. The van der Waals surface area contributed by atoms with Crippen LogP contribution in [-0.4, -0.2) is 20.1 Å². The number of phenols is 1. The van der Waals surface area contributed by atoms with Crippen LogP contribution in [0.5, 0.6) is 5.75 Å². The number of hydrogen-bond donors (Lipinski definition) is 1. The van der Waals surface area contributed by atoms with Gasteiger partial charge in [0.2, 0.25) is 0 Å². The minimum absolute atomic E-state index is 0.0576. The third kappa shape index (κ3) is 6.80. The van der Waals surface area contributed by atoms with Gasteiger partial charge in [-0.15, -0.1) is 15.0 Å². The fourth-order valence-electron chi connectivity index (χ4n) is 5.56. The summed E-state index contributed by atoms with van der Waals surface area (Å²) in [4.78, 5) is 1.58. The van der Waals surface area contributed by atoms with Gasteiger partial charge < -0.3 is 5.11 Å². The maximum atomic E-state index is 10.8. The fourth-order valence-corrected chi connectivity index (χ4v) is 5.56. The average Bonchev–Trinajstić information content (AvgIpc) is 3.35. The van der Waals surface area contributed by atoms with Crippen LogP contribution in [0.15, 0.2) is 72.8 Å². The zero-order chi connectivity index (χ0) is 26.1. The average molecular weight is 498 g/mol. The molecule has 0 aliphatic heterocycles. The Morgan fingerprint density at radius 2 is 1.30 bits per heavy atom. The number of aromatic nitrogens is 3. The minimum atomic E-state index is -0.0576. The van der Waals surface area contributed by atoms with Gasteiger partial charge in [-0.05, 0) is 53.1 Å². The van der Waals surface area contributed by atoms with E-state index in [1.54, 1.807) is 4.80 Å². The first-order valence-electron chi connectivity index (χ1n) is 14.2. The Kier molecular flexibility index (Phi) is 9.38. The molecule has 4 nitrogen and oxygen atoms in total. The topological polar surface area (TPSA) is 50.9 Å². The first-order chi connectivity index (χ1) is 18.0. The summed E-state index contributed by atoms with van der Waals surface area (Å²) < 4.78 is 0. The zero-order valence-corrected chi connectivity index (χ0v) is 22.9. The van der Waals surface area contributed by atoms with E-state index in [0.717, 1.165) is 17.5 Å². The van der Waals surface area contributed by atoms with Gasteiger partial charge >= 0.3 is 0 Å². The van der Waals surface area contributed by atoms with E-state index in [1.807, 2.05) is 30.3 Å². The van der Waals surface area contributed by atoms with Crippen LogP contribution < -0.4 is 0 Å². The molecule has 37 heavy (non-hydrogen) atoms. The van der Waals surface area contributed by atoms with E-state index >= 15 is 0 Å². The number of aromatic hydroxyl groups is 1. The highest BCUT2D eigenvalue weighted by molar-refractivity contribution is 5.73. The maximum absolute atomic E-state index is 10.8. The van der Waals surface area contributed by atoms with Gasteiger partial charge in [0.05, 0.1) is 0 Å². The number of hydrogen-bond acceptors (Lipinski definition) is 3. The number of fused-ring (bicyclic) bond motifs is 1. The Bertz CT molecular complexity index is 1210. The number of phenolic OH excluding ortho intramolecular Hbond substituents is 1. The SMILES string of the molecule is CCCCCCCCCCCC(c1ccc(O)c(-n2nc3ccccc3n2)c1)C(C)(C)c1ccccc1. The Balaban J connectivity index is 1.54. The lowest BCUT2D eigenvalue weighted by atomic mass is 9.68. The number of benzene rings is 3. The molecule has 196 valence electrons. The van der Waals surface area contributed by atoms with Gasteiger partial charge in [0.15, 0.2) is 0 Å². The van der Waals surface area contributed by atoms with Crippen molar-refractivity contribution in [2.45, 2.75) is 96.3 Å². The van der Waals surface area contributed by atoms with Crippen molar-refractivity contribution in [3.05, 3.63) is 83.9 Å². The van der Waals surface area contributed by atoms with E-state index < -0.39 is 0 Å². The highest BCUT2D eigenvalue weighted by Gasteiger charge is 2.32. The van der Waals surface area contributed by atoms with Gasteiger partial charge in [-0.3, -0.25) is 0 Å². The smallest absolute Gasteiger partial charge is 0.143 e. The predicted octanol–water partition coefficient (Wildman–Crippen LogP) is 9.11. The van der Waals surface area contributed by atoms with E-state index in [-0.39, 0.29) is 11.2 Å². The monoisotopic (exact) mass is 497 g/mol. The Morgan fingerprint density at radius 3 is 1.92 bits per heavy atom. The molecule has 0 aliphatic carbocycles. The van der Waals surface area contributed by atoms with Crippen molar-refractivity contribution in [2.75, 3.05) is 0 Å². The van der Waals surface area contributed by atoms with Crippen molar-refractivity contribution < 1.29 is 5.11 Å². The van der Waals surface area contributed by atoms with E-state index in [1.165, 1.54) is 68.9 Å². The number of rotatable bonds is 14. The summed E-state index contributed by atoms with van der Waals surface area (Å²) in [5.74, 6) is 0.507. The van der Waals surface area contributed by atoms with Crippen molar-refractivity contribution >= 4 is 11.0 Å². The Morgan fingerprint density at radius 1 is 0.730 bits per heavy atom. The lowest BCUT2D eigenvalue weighted by Crippen LogP contribution is -2.27. The standard InChI is InChI=1S/C33H43N3O/c1-4-5-6-7-8-9-10-11-15-20-28(33(2,3)27-18-13-12-14-19-27)26-23-24-32(37)31(25-26)36-34-29-21-16-17-22-30(29)35-36/h12-14,16-19,21-25,28,37H,4-11,15,20H2,1-3H3. The molecule has 0 fully saturated rings. The molecule has 0 saturated carbocycles. The molecule has 1 atom stereocenters. The molecule has 4 aromatic rings. The van der Waals surface area contributed by atoms with Crippen LogP contribution in [0, 0.1) is 0 Å². The van der Waals surface area contributed by atoms with Crippen molar-refractivity contribution in [1.82, 2.24) is 15.0 Å². The summed E-state index contributed by atoms with van der Waals surface area (Å²) >= 11 is 0. The fraction of sp³-hybridized carbons (Fsp3) is 0.455. The van der Waals surface area contributed by atoms with Gasteiger partial charge in [-0.1, -0.05) is 127 Å². The Labute approximate surface area is 222 Å². The molecule has 0 spiro atoms. The van der Waals surface area contributed by atoms with Crippen molar-refractivity contribution in [3.8, 4) is 11.4 Å². The summed E-state index contributed by atoms with van der Waals surface area (Å²) in [6, 6.07) is 24.6. The molecule has 3 aromatic carbocycles. The van der Waals surface area contributed by atoms with Crippen molar-refractivity contribution in [1.29, 1.82) is 0 Å². The molecule has 1 aromatic heterocycles. The van der Waals surface area contributed by atoms with Crippen LogP contribution >= 0.6 is 0 Å². The normalized spacial score (nSPS) is 12.7. The molecule has 1 unspecified atom stereocenters. The van der Waals surface area contributed by atoms with E-state index in [4.69, 9.17) is 0 Å². The van der Waals surface area contributed by atoms with Crippen molar-refractivity contribution in [3.63, 3.8) is 0 Å². The van der Waals surface area contributed by atoms with Crippen molar-refractivity contribution in [2.24, 2.45) is 0 Å². The summed E-state index contributed by atoms with van der Waals surface area (Å²) in [6.07, 6.45) is 13.1.